The summed E-state index contributed by atoms with van der Waals surface area (Å²) >= 11 is 0. The Bertz CT molecular complexity index is 192. The zero-order chi connectivity index (χ0) is 11.6. The Balaban J connectivity index is 2.36. The van der Waals surface area contributed by atoms with Gasteiger partial charge in [-0.15, -0.1) is 0 Å². The lowest BCUT2D eigenvalue weighted by atomic mass is 9.92. The Hall–Kier alpha value is -0.730. The summed E-state index contributed by atoms with van der Waals surface area (Å²) in [5, 5.41) is 11.9. The molecule has 1 aliphatic rings. The highest BCUT2D eigenvalue weighted by Crippen LogP contribution is 2.21. The van der Waals surface area contributed by atoms with E-state index in [4.69, 9.17) is 10.9 Å². The zero-order valence-corrected chi connectivity index (χ0v) is 10.3. The van der Waals surface area contributed by atoms with E-state index >= 15 is 0 Å². The van der Waals surface area contributed by atoms with Gasteiger partial charge in [-0.2, -0.15) is 0 Å². The van der Waals surface area contributed by atoms with Gasteiger partial charge in [0.15, 0.2) is 0 Å². The number of nitrogens with zero attached hydrogens (tertiary/aromatic N) is 1. The molecule has 3 N–H and O–H groups in total. The highest BCUT2D eigenvalue weighted by molar-refractivity contribution is 5.82. The van der Waals surface area contributed by atoms with Crippen LogP contribution in [0.4, 0.5) is 0 Å². The topological polar surface area (TPSA) is 58.6 Å². The maximum Gasteiger partial charge on any atom is 0.142 e. The van der Waals surface area contributed by atoms with E-state index in [1.165, 1.54) is 57.8 Å². The number of hydrogen-bond acceptors (Lipinski definition) is 2. The van der Waals surface area contributed by atoms with E-state index in [-0.39, 0.29) is 0 Å². The van der Waals surface area contributed by atoms with E-state index < -0.39 is 0 Å². The SMILES string of the molecule is N/C(=N/O)C1CCCCCCCCCCC1. The highest BCUT2D eigenvalue weighted by Gasteiger charge is 2.13. The van der Waals surface area contributed by atoms with Crippen molar-refractivity contribution >= 4 is 5.84 Å². The van der Waals surface area contributed by atoms with Crippen molar-refractivity contribution in [1.29, 1.82) is 0 Å². The van der Waals surface area contributed by atoms with Crippen molar-refractivity contribution in [2.75, 3.05) is 0 Å². The predicted octanol–water partition coefficient (Wildman–Crippen LogP) is 3.65. The van der Waals surface area contributed by atoms with Gasteiger partial charge in [-0.25, -0.2) is 0 Å². The van der Waals surface area contributed by atoms with Crippen LogP contribution >= 0.6 is 0 Å². The Labute approximate surface area is 99.1 Å². The summed E-state index contributed by atoms with van der Waals surface area (Å²) in [5.74, 6) is 0.751. The van der Waals surface area contributed by atoms with Gasteiger partial charge in [0.05, 0.1) is 0 Å². The first-order valence-corrected chi connectivity index (χ1v) is 6.82. The third-order valence-corrected chi connectivity index (χ3v) is 3.64. The average Bonchev–Trinajstić information content (AvgIpc) is 2.29. The number of hydrogen-bond donors (Lipinski definition) is 2. The summed E-state index contributed by atoms with van der Waals surface area (Å²) in [6.07, 6.45) is 14.1. The summed E-state index contributed by atoms with van der Waals surface area (Å²) in [7, 11) is 0. The molecule has 1 rings (SSSR count). The summed E-state index contributed by atoms with van der Waals surface area (Å²) in [6, 6.07) is 0. The summed E-state index contributed by atoms with van der Waals surface area (Å²) in [6.45, 7) is 0. The van der Waals surface area contributed by atoms with E-state index in [2.05, 4.69) is 5.16 Å². The number of amidine groups is 1. The lowest BCUT2D eigenvalue weighted by Crippen LogP contribution is -2.23. The molecule has 3 nitrogen and oxygen atoms in total. The van der Waals surface area contributed by atoms with Crippen molar-refractivity contribution in [2.45, 2.75) is 70.6 Å². The van der Waals surface area contributed by atoms with Crippen LogP contribution in [0.1, 0.15) is 70.6 Å². The Morgan fingerprint density at radius 2 is 1.19 bits per heavy atom. The summed E-state index contributed by atoms with van der Waals surface area (Å²) in [5.41, 5.74) is 5.73. The minimum absolute atomic E-state index is 0.310. The normalized spacial score (nSPS) is 23.4. The van der Waals surface area contributed by atoms with Crippen molar-refractivity contribution in [3.8, 4) is 0 Å². The van der Waals surface area contributed by atoms with Crippen LogP contribution in [0.25, 0.3) is 0 Å². The maximum atomic E-state index is 8.74. The Morgan fingerprint density at radius 1 is 0.812 bits per heavy atom. The second-order valence-electron chi connectivity index (χ2n) is 4.98. The molecule has 0 aromatic heterocycles. The van der Waals surface area contributed by atoms with Crippen LogP contribution < -0.4 is 5.73 Å². The van der Waals surface area contributed by atoms with E-state index in [0.717, 1.165) is 12.8 Å². The molecule has 0 unspecified atom stereocenters. The summed E-state index contributed by atoms with van der Waals surface area (Å²) < 4.78 is 0. The molecule has 0 aliphatic heterocycles. The van der Waals surface area contributed by atoms with Gasteiger partial charge in [-0.3, -0.25) is 0 Å². The minimum atomic E-state index is 0.310. The van der Waals surface area contributed by atoms with Crippen molar-refractivity contribution in [1.82, 2.24) is 0 Å². The number of nitrogens with two attached hydrogens (primary N) is 1. The number of rotatable bonds is 1. The van der Waals surface area contributed by atoms with Gasteiger partial charge in [0.25, 0.3) is 0 Å². The van der Waals surface area contributed by atoms with E-state index in [1.54, 1.807) is 0 Å². The van der Waals surface area contributed by atoms with E-state index in [1.807, 2.05) is 0 Å². The molecule has 0 spiro atoms. The van der Waals surface area contributed by atoms with Gasteiger partial charge in [-0.1, -0.05) is 62.9 Å². The van der Waals surface area contributed by atoms with Crippen LogP contribution in [0.15, 0.2) is 5.16 Å². The first-order valence-electron chi connectivity index (χ1n) is 6.82. The fourth-order valence-corrected chi connectivity index (χ4v) is 2.54. The third-order valence-electron chi connectivity index (χ3n) is 3.64. The molecule has 0 aromatic rings. The van der Waals surface area contributed by atoms with Gasteiger partial charge in [0, 0.05) is 5.92 Å². The first kappa shape index (κ1) is 13.3. The molecule has 0 amide bonds. The van der Waals surface area contributed by atoms with Gasteiger partial charge < -0.3 is 10.9 Å². The first-order chi connectivity index (χ1) is 7.84. The van der Waals surface area contributed by atoms with Gasteiger partial charge in [-0.05, 0) is 12.8 Å². The fourth-order valence-electron chi connectivity index (χ4n) is 2.54. The second kappa shape index (κ2) is 8.43. The molecule has 0 radical (unpaired) electrons. The Morgan fingerprint density at radius 3 is 1.56 bits per heavy atom. The van der Waals surface area contributed by atoms with Crippen LogP contribution in [0.3, 0.4) is 0 Å². The lowest BCUT2D eigenvalue weighted by molar-refractivity contribution is 0.311. The Kier molecular flexibility index (Phi) is 7.02. The highest BCUT2D eigenvalue weighted by atomic mass is 16.4. The smallest absolute Gasteiger partial charge is 0.142 e. The van der Waals surface area contributed by atoms with E-state index in [0.29, 0.717) is 11.8 Å². The van der Waals surface area contributed by atoms with Gasteiger partial charge in [0.2, 0.25) is 0 Å². The summed E-state index contributed by atoms with van der Waals surface area (Å²) in [4.78, 5) is 0. The molecule has 0 aromatic carbocycles. The fraction of sp³-hybridized carbons (Fsp3) is 0.923. The quantitative estimate of drug-likeness (QED) is 0.310. The third kappa shape index (κ3) is 5.38. The molecule has 94 valence electrons. The number of oxime groups is 1. The molecule has 0 bridgehead atoms. The molecule has 1 aliphatic carbocycles. The molecule has 0 atom stereocenters. The van der Waals surface area contributed by atoms with Crippen LogP contribution in [-0.2, 0) is 0 Å². The zero-order valence-electron chi connectivity index (χ0n) is 10.3. The standard InChI is InChI=1S/C13H26N2O/c14-13(15-16)12-10-8-6-4-2-1-3-5-7-9-11-12/h12,16H,1-11H2,(H2,14,15). The largest absolute Gasteiger partial charge is 0.409 e. The minimum Gasteiger partial charge on any atom is -0.409 e. The molecule has 0 saturated heterocycles. The predicted molar refractivity (Wildman–Crippen MR) is 67.7 cm³/mol. The molecule has 16 heavy (non-hydrogen) atoms. The van der Waals surface area contributed by atoms with Gasteiger partial charge >= 0.3 is 0 Å². The van der Waals surface area contributed by atoms with E-state index in [9.17, 15) is 0 Å². The lowest BCUT2D eigenvalue weighted by Gasteiger charge is -2.16. The van der Waals surface area contributed by atoms with Crippen LogP contribution in [-0.4, -0.2) is 11.0 Å². The monoisotopic (exact) mass is 226 g/mol. The second-order valence-corrected chi connectivity index (χ2v) is 4.98. The molecular formula is C13H26N2O. The maximum absolute atomic E-state index is 8.74. The molecule has 1 fully saturated rings. The van der Waals surface area contributed by atoms with Crippen LogP contribution in [0.2, 0.25) is 0 Å². The molecule has 1 saturated carbocycles. The molecule has 3 heteroatoms. The van der Waals surface area contributed by atoms with Gasteiger partial charge in [0.1, 0.15) is 5.84 Å². The van der Waals surface area contributed by atoms with Crippen LogP contribution in [0.5, 0.6) is 0 Å². The van der Waals surface area contributed by atoms with Crippen molar-refractivity contribution in [3.63, 3.8) is 0 Å². The van der Waals surface area contributed by atoms with Crippen molar-refractivity contribution in [3.05, 3.63) is 0 Å². The van der Waals surface area contributed by atoms with Crippen LogP contribution in [0, 0.1) is 5.92 Å². The molecule has 0 heterocycles. The molecular weight excluding hydrogens is 200 g/mol. The average molecular weight is 226 g/mol. The van der Waals surface area contributed by atoms with Crippen molar-refractivity contribution in [2.24, 2.45) is 16.8 Å². The van der Waals surface area contributed by atoms with Crippen molar-refractivity contribution < 1.29 is 5.21 Å².